The number of nitrogens with one attached hydrogen (secondary N) is 1. The number of piperazine rings is 1. The van der Waals surface area contributed by atoms with Crippen molar-refractivity contribution in [1.82, 2.24) is 15.1 Å². The Kier molecular flexibility index (Phi) is 4.63. The molecule has 116 valence electrons. The maximum atomic E-state index is 3.62. The van der Waals surface area contributed by atoms with Crippen molar-refractivity contribution in [3.63, 3.8) is 0 Å². The molecule has 1 aromatic carbocycles. The van der Waals surface area contributed by atoms with Crippen LogP contribution in [0.3, 0.4) is 0 Å². The molecule has 1 saturated heterocycles. The summed E-state index contributed by atoms with van der Waals surface area (Å²) in [5.41, 5.74) is 3.06. The summed E-state index contributed by atoms with van der Waals surface area (Å²) in [6.45, 7) is 5.97. The highest BCUT2D eigenvalue weighted by atomic mass is 15.3. The predicted molar refractivity (Wildman–Crippen MR) is 88.6 cm³/mol. The first-order valence-electron chi connectivity index (χ1n) is 8.40. The lowest BCUT2D eigenvalue weighted by Crippen LogP contribution is -2.56. The van der Waals surface area contributed by atoms with Crippen molar-refractivity contribution in [2.24, 2.45) is 0 Å². The third-order valence-electron chi connectivity index (χ3n) is 5.34. The lowest BCUT2D eigenvalue weighted by atomic mass is 9.93. The molecule has 1 N–H and O–H groups in total. The second kappa shape index (κ2) is 6.47. The zero-order valence-corrected chi connectivity index (χ0v) is 13.7. The van der Waals surface area contributed by atoms with Crippen LogP contribution in [0.4, 0.5) is 0 Å². The van der Waals surface area contributed by atoms with Crippen LogP contribution in [-0.4, -0.2) is 55.6 Å². The molecule has 1 aliphatic carbocycles. The zero-order chi connectivity index (χ0) is 14.8. The second-order valence-corrected chi connectivity index (χ2v) is 6.77. The van der Waals surface area contributed by atoms with E-state index < -0.39 is 0 Å². The Morgan fingerprint density at radius 3 is 2.76 bits per heavy atom. The minimum absolute atomic E-state index is 0.467. The van der Waals surface area contributed by atoms with Crippen molar-refractivity contribution in [2.75, 3.05) is 33.7 Å². The number of benzene rings is 1. The van der Waals surface area contributed by atoms with Crippen LogP contribution in [0.1, 0.15) is 36.9 Å². The summed E-state index contributed by atoms with van der Waals surface area (Å²) < 4.78 is 0. The molecule has 1 aliphatic heterocycles. The number of rotatable bonds is 2. The molecule has 0 radical (unpaired) electrons. The molecule has 3 heteroatoms. The number of fused-ring (bicyclic) bond motifs is 1. The van der Waals surface area contributed by atoms with Gasteiger partial charge in [-0.25, -0.2) is 0 Å². The highest BCUT2D eigenvalue weighted by Crippen LogP contribution is 2.33. The van der Waals surface area contributed by atoms with Gasteiger partial charge in [-0.15, -0.1) is 0 Å². The van der Waals surface area contributed by atoms with E-state index in [4.69, 9.17) is 0 Å². The third kappa shape index (κ3) is 3.01. The first kappa shape index (κ1) is 15.0. The second-order valence-electron chi connectivity index (χ2n) is 6.77. The Morgan fingerprint density at radius 1 is 1.19 bits per heavy atom. The van der Waals surface area contributed by atoms with Crippen molar-refractivity contribution in [3.05, 3.63) is 35.4 Å². The first-order valence-corrected chi connectivity index (χ1v) is 8.40. The van der Waals surface area contributed by atoms with Crippen LogP contribution >= 0.6 is 0 Å². The molecule has 0 spiro atoms. The van der Waals surface area contributed by atoms with E-state index in [-0.39, 0.29) is 0 Å². The van der Waals surface area contributed by atoms with Gasteiger partial charge in [0.05, 0.1) is 0 Å². The molecule has 2 aliphatic rings. The summed E-state index contributed by atoms with van der Waals surface area (Å²) in [6, 6.07) is 10.8. The quantitative estimate of drug-likeness (QED) is 0.842. The van der Waals surface area contributed by atoms with Crippen molar-refractivity contribution in [1.29, 1.82) is 0 Å². The maximum Gasteiger partial charge on any atom is 0.0478 e. The number of hydrogen-bond acceptors (Lipinski definition) is 3. The van der Waals surface area contributed by atoms with Crippen molar-refractivity contribution < 1.29 is 0 Å². The van der Waals surface area contributed by atoms with Crippen molar-refractivity contribution in [3.8, 4) is 0 Å². The largest absolute Gasteiger partial charge is 0.312 e. The van der Waals surface area contributed by atoms with Crippen LogP contribution in [-0.2, 0) is 6.42 Å². The van der Waals surface area contributed by atoms with Gasteiger partial charge in [0.1, 0.15) is 0 Å². The van der Waals surface area contributed by atoms with Gasteiger partial charge in [0.15, 0.2) is 0 Å². The molecule has 3 unspecified atom stereocenters. The van der Waals surface area contributed by atoms with Crippen LogP contribution < -0.4 is 5.32 Å². The molecule has 1 fully saturated rings. The highest BCUT2D eigenvalue weighted by Gasteiger charge is 2.35. The van der Waals surface area contributed by atoms with Gasteiger partial charge in [0.2, 0.25) is 0 Å². The van der Waals surface area contributed by atoms with E-state index in [9.17, 15) is 0 Å². The number of aryl methyl sites for hydroxylation is 1. The lowest BCUT2D eigenvalue weighted by Gasteiger charge is -2.45. The molecular weight excluding hydrogens is 258 g/mol. The Hall–Kier alpha value is -0.900. The highest BCUT2D eigenvalue weighted by molar-refractivity contribution is 5.32. The van der Waals surface area contributed by atoms with Crippen molar-refractivity contribution >= 4 is 0 Å². The summed E-state index contributed by atoms with van der Waals surface area (Å²) in [5, 5.41) is 3.62. The van der Waals surface area contributed by atoms with Crippen LogP contribution in [0.15, 0.2) is 24.3 Å². The average Bonchev–Trinajstić information content (AvgIpc) is 2.66. The molecule has 21 heavy (non-hydrogen) atoms. The summed E-state index contributed by atoms with van der Waals surface area (Å²) in [5.74, 6) is 0. The molecule has 3 nitrogen and oxygen atoms in total. The summed E-state index contributed by atoms with van der Waals surface area (Å²) in [4.78, 5) is 5.21. The Morgan fingerprint density at radius 2 is 2.00 bits per heavy atom. The fourth-order valence-corrected chi connectivity index (χ4v) is 4.29. The van der Waals surface area contributed by atoms with Gasteiger partial charge in [-0.3, -0.25) is 4.90 Å². The fraction of sp³-hybridized carbons (Fsp3) is 0.667. The fourth-order valence-electron chi connectivity index (χ4n) is 4.29. The van der Waals surface area contributed by atoms with Gasteiger partial charge in [-0.2, -0.15) is 0 Å². The molecule has 3 rings (SSSR count). The standard InChI is InChI=1S/C18H29N3/c1-14-13-20(3)11-12-21(14)17-10-6-8-15-7-4-5-9-16(15)18(17)19-2/h4-5,7,9,14,17-19H,6,8,10-13H2,1-3H3. The van der Waals surface area contributed by atoms with Gasteiger partial charge in [-0.1, -0.05) is 24.3 Å². The van der Waals surface area contributed by atoms with Gasteiger partial charge >= 0.3 is 0 Å². The number of nitrogens with zero attached hydrogens (tertiary/aromatic N) is 2. The average molecular weight is 287 g/mol. The Balaban J connectivity index is 1.88. The Labute approximate surface area is 129 Å². The molecule has 1 heterocycles. The smallest absolute Gasteiger partial charge is 0.0478 e. The molecular formula is C18H29N3. The first-order chi connectivity index (χ1) is 10.2. The summed E-state index contributed by atoms with van der Waals surface area (Å²) in [6.07, 6.45) is 3.83. The van der Waals surface area contributed by atoms with Crippen LogP contribution in [0.5, 0.6) is 0 Å². The lowest BCUT2D eigenvalue weighted by molar-refractivity contribution is 0.0422. The van der Waals surface area contributed by atoms with Crippen LogP contribution in [0.25, 0.3) is 0 Å². The molecule has 0 aromatic heterocycles. The summed E-state index contributed by atoms with van der Waals surface area (Å²) in [7, 11) is 4.37. The van der Waals surface area contributed by atoms with E-state index in [2.05, 4.69) is 60.4 Å². The SMILES string of the molecule is CNC1c2ccccc2CCCC1N1CCN(C)CC1C. The Bertz CT molecular complexity index is 473. The van der Waals surface area contributed by atoms with Gasteiger partial charge < -0.3 is 10.2 Å². The molecule has 0 amide bonds. The number of hydrogen-bond donors (Lipinski definition) is 1. The van der Waals surface area contributed by atoms with E-state index in [0.29, 0.717) is 18.1 Å². The van der Waals surface area contributed by atoms with E-state index in [1.54, 1.807) is 5.56 Å². The van der Waals surface area contributed by atoms with Gasteiger partial charge in [-0.05, 0) is 51.4 Å². The molecule has 0 bridgehead atoms. The zero-order valence-electron chi connectivity index (χ0n) is 13.7. The maximum absolute atomic E-state index is 3.62. The van der Waals surface area contributed by atoms with Crippen LogP contribution in [0.2, 0.25) is 0 Å². The van der Waals surface area contributed by atoms with Gasteiger partial charge in [0, 0.05) is 37.8 Å². The topological polar surface area (TPSA) is 18.5 Å². The minimum Gasteiger partial charge on any atom is -0.312 e. The molecule has 0 saturated carbocycles. The third-order valence-corrected chi connectivity index (χ3v) is 5.34. The van der Waals surface area contributed by atoms with Crippen molar-refractivity contribution in [2.45, 2.75) is 44.3 Å². The van der Waals surface area contributed by atoms with E-state index in [0.717, 1.165) is 0 Å². The minimum atomic E-state index is 0.467. The van der Waals surface area contributed by atoms with Crippen LogP contribution in [0, 0.1) is 0 Å². The summed E-state index contributed by atoms with van der Waals surface area (Å²) >= 11 is 0. The van der Waals surface area contributed by atoms with E-state index >= 15 is 0 Å². The predicted octanol–water partition coefficient (Wildman–Crippen LogP) is 2.29. The monoisotopic (exact) mass is 287 g/mol. The van der Waals surface area contributed by atoms with E-state index in [1.807, 2.05) is 0 Å². The normalized spacial score (nSPS) is 31.7. The van der Waals surface area contributed by atoms with E-state index in [1.165, 1.54) is 44.5 Å². The van der Waals surface area contributed by atoms with Gasteiger partial charge in [0.25, 0.3) is 0 Å². The molecule has 1 aromatic rings. The number of likely N-dealkylation sites (N-methyl/N-ethyl adjacent to an activating group) is 2. The molecule has 3 atom stereocenters.